The van der Waals surface area contributed by atoms with Crippen LogP contribution >= 0.6 is 0 Å². The number of benzene rings is 1. The van der Waals surface area contributed by atoms with E-state index < -0.39 is 0 Å². The molecule has 4 heteroatoms. The van der Waals surface area contributed by atoms with E-state index in [-0.39, 0.29) is 5.91 Å². The Bertz CT molecular complexity index is 549. The number of aromatic nitrogens is 1. The van der Waals surface area contributed by atoms with Crippen LogP contribution in [0.25, 0.3) is 10.9 Å². The minimum absolute atomic E-state index is 0.0445. The van der Waals surface area contributed by atoms with E-state index >= 15 is 0 Å². The Morgan fingerprint density at radius 3 is 2.89 bits per heavy atom. The van der Waals surface area contributed by atoms with Crippen molar-refractivity contribution in [3.8, 4) is 0 Å². The van der Waals surface area contributed by atoms with Crippen LogP contribution in [0, 0.1) is 0 Å². The van der Waals surface area contributed by atoms with Crippen LogP contribution in [-0.2, 0) is 0 Å². The van der Waals surface area contributed by atoms with Crippen LogP contribution in [0.3, 0.4) is 0 Å². The van der Waals surface area contributed by atoms with E-state index in [2.05, 4.69) is 22.5 Å². The Hall–Kier alpha value is -1.94. The molecule has 0 saturated heterocycles. The van der Waals surface area contributed by atoms with Crippen molar-refractivity contribution in [1.82, 2.24) is 15.6 Å². The third-order valence-electron chi connectivity index (χ3n) is 2.90. The molecule has 0 aliphatic heterocycles. The van der Waals surface area contributed by atoms with E-state index in [1.54, 1.807) is 6.20 Å². The summed E-state index contributed by atoms with van der Waals surface area (Å²) < 4.78 is 0. The monoisotopic (exact) mass is 257 g/mol. The number of amides is 1. The fraction of sp³-hybridized carbons (Fsp3) is 0.333. The predicted octanol–water partition coefficient (Wildman–Crippen LogP) is 1.96. The molecule has 0 atom stereocenters. The standard InChI is InChI=1S/C15H19N3O/c1-2-8-16-10-11-18-15(19)13-5-3-7-14-12(13)6-4-9-17-14/h3-7,9,16H,2,8,10-11H2,1H3,(H,18,19). The van der Waals surface area contributed by atoms with Gasteiger partial charge in [0.05, 0.1) is 5.52 Å². The number of nitrogens with one attached hydrogen (secondary N) is 2. The number of carbonyl (C=O) groups excluding carboxylic acids is 1. The van der Waals surface area contributed by atoms with Gasteiger partial charge in [0.1, 0.15) is 0 Å². The summed E-state index contributed by atoms with van der Waals surface area (Å²) in [6.07, 6.45) is 2.83. The topological polar surface area (TPSA) is 54.0 Å². The molecule has 0 bridgehead atoms. The highest BCUT2D eigenvalue weighted by atomic mass is 16.1. The molecule has 2 N–H and O–H groups in total. The maximum absolute atomic E-state index is 12.1. The van der Waals surface area contributed by atoms with Crippen LogP contribution in [0.4, 0.5) is 0 Å². The van der Waals surface area contributed by atoms with Crippen LogP contribution in [0.1, 0.15) is 23.7 Å². The largest absolute Gasteiger partial charge is 0.351 e. The van der Waals surface area contributed by atoms with Gasteiger partial charge < -0.3 is 10.6 Å². The molecule has 4 nitrogen and oxygen atoms in total. The van der Waals surface area contributed by atoms with Crippen molar-refractivity contribution >= 4 is 16.8 Å². The fourth-order valence-electron chi connectivity index (χ4n) is 1.96. The van der Waals surface area contributed by atoms with Crippen molar-refractivity contribution in [3.05, 3.63) is 42.1 Å². The van der Waals surface area contributed by atoms with Crippen LogP contribution in [0.2, 0.25) is 0 Å². The number of rotatable bonds is 6. The Morgan fingerprint density at radius 1 is 1.16 bits per heavy atom. The molecule has 1 heterocycles. The minimum atomic E-state index is -0.0445. The van der Waals surface area contributed by atoms with E-state index in [0.29, 0.717) is 12.1 Å². The van der Waals surface area contributed by atoms with Gasteiger partial charge in [-0.3, -0.25) is 9.78 Å². The maximum Gasteiger partial charge on any atom is 0.252 e. The van der Waals surface area contributed by atoms with Gasteiger partial charge in [-0.25, -0.2) is 0 Å². The van der Waals surface area contributed by atoms with Gasteiger partial charge in [0.15, 0.2) is 0 Å². The molecule has 0 aliphatic rings. The summed E-state index contributed by atoms with van der Waals surface area (Å²) in [6, 6.07) is 9.38. The smallest absolute Gasteiger partial charge is 0.252 e. The molecule has 0 saturated carbocycles. The summed E-state index contributed by atoms with van der Waals surface area (Å²) in [5.41, 5.74) is 1.53. The Morgan fingerprint density at radius 2 is 2.05 bits per heavy atom. The summed E-state index contributed by atoms with van der Waals surface area (Å²) in [5.74, 6) is -0.0445. The van der Waals surface area contributed by atoms with Gasteiger partial charge >= 0.3 is 0 Å². The van der Waals surface area contributed by atoms with Gasteiger partial charge in [-0.2, -0.15) is 0 Å². The molecule has 19 heavy (non-hydrogen) atoms. The first kappa shape index (κ1) is 13.5. The van der Waals surface area contributed by atoms with Crippen LogP contribution < -0.4 is 10.6 Å². The van der Waals surface area contributed by atoms with E-state index in [1.165, 1.54) is 0 Å². The normalized spacial score (nSPS) is 10.6. The van der Waals surface area contributed by atoms with Crippen molar-refractivity contribution < 1.29 is 4.79 Å². The molecular weight excluding hydrogens is 238 g/mol. The van der Waals surface area contributed by atoms with Gasteiger partial charge in [0, 0.05) is 30.2 Å². The molecule has 100 valence electrons. The summed E-state index contributed by atoms with van der Waals surface area (Å²) in [5, 5.41) is 7.07. The first-order valence-electron chi connectivity index (χ1n) is 6.65. The third kappa shape index (κ3) is 3.51. The number of carbonyl (C=O) groups is 1. The van der Waals surface area contributed by atoms with Gasteiger partial charge in [-0.05, 0) is 31.2 Å². The molecular formula is C15H19N3O. The number of nitrogens with zero attached hydrogens (tertiary/aromatic N) is 1. The Kier molecular flexibility index (Phi) is 4.86. The molecule has 1 amide bonds. The van der Waals surface area contributed by atoms with Gasteiger partial charge in [0.25, 0.3) is 5.91 Å². The molecule has 1 aromatic heterocycles. The summed E-state index contributed by atoms with van der Waals surface area (Å²) in [7, 11) is 0. The van der Waals surface area contributed by atoms with E-state index in [0.717, 1.165) is 30.4 Å². The number of hydrogen-bond donors (Lipinski definition) is 2. The zero-order chi connectivity index (χ0) is 13.5. The Balaban J connectivity index is 2.01. The zero-order valence-corrected chi connectivity index (χ0v) is 11.1. The number of hydrogen-bond acceptors (Lipinski definition) is 3. The fourth-order valence-corrected chi connectivity index (χ4v) is 1.96. The van der Waals surface area contributed by atoms with Crippen molar-refractivity contribution in [2.45, 2.75) is 13.3 Å². The van der Waals surface area contributed by atoms with Crippen molar-refractivity contribution in [2.24, 2.45) is 0 Å². The highest BCUT2D eigenvalue weighted by Gasteiger charge is 2.08. The first-order valence-corrected chi connectivity index (χ1v) is 6.65. The third-order valence-corrected chi connectivity index (χ3v) is 2.90. The summed E-state index contributed by atoms with van der Waals surface area (Å²) >= 11 is 0. The maximum atomic E-state index is 12.1. The van der Waals surface area contributed by atoms with Gasteiger partial charge in [-0.1, -0.05) is 19.1 Å². The lowest BCUT2D eigenvalue weighted by Gasteiger charge is -2.08. The van der Waals surface area contributed by atoms with Gasteiger partial charge in [-0.15, -0.1) is 0 Å². The molecule has 0 unspecified atom stereocenters. The number of fused-ring (bicyclic) bond motifs is 1. The lowest BCUT2D eigenvalue weighted by atomic mass is 10.1. The lowest BCUT2D eigenvalue weighted by molar-refractivity contribution is 0.0955. The van der Waals surface area contributed by atoms with E-state index in [1.807, 2.05) is 30.3 Å². The second-order valence-corrected chi connectivity index (χ2v) is 4.38. The Labute approximate surface area is 113 Å². The first-order chi connectivity index (χ1) is 9.33. The summed E-state index contributed by atoms with van der Waals surface area (Å²) in [6.45, 7) is 4.53. The second kappa shape index (κ2) is 6.85. The molecule has 0 radical (unpaired) electrons. The van der Waals surface area contributed by atoms with E-state index in [4.69, 9.17) is 0 Å². The SMILES string of the molecule is CCCNCCNC(=O)c1cccc2ncccc12. The second-order valence-electron chi connectivity index (χ2n) is 4.38. The molecule has 2 aromatic rings. The lowest BCUT2D eigenvalue weighted by Crippen LogP contribution is -2.32. The molecule has 1 aromatic carbocycles. The highest BCUT2D eigenvalue weighted by molar-refractivity contribution is 6.06. The average molecular weight is 257 g/mol. The van der Waals surface area contributed by atoms with E-state index in [9.17, 15) is 4.79 Å². The highest BCUT2D eigenvalue weighted by Crippen LogP contribution is 2.15. The van der Waals surface area contributed by atoms with Crippen molar-refractivity contribution in [1.29, 1.82) is 0 Å². The number of pyridine rings is 1. The van der Waals surface area contributed by atoms with Crippen LogP contribution in [0.15, 0.2) is 36.5 Å². The molecule has 2 rings (SSSR count). The zero-order valence-electron chi connectivity index (χ0n) is 11.1. The molecule has 0 aliphatic carbocycles. The quantitative estimate of drug-likeness (QED) is 0.778. The molecule has 0 fully saturated rings. The van der Waals surface area contributed by atoms with Crippen molar-refractivity contribution in [2.75, 3.05) is 19.6 Å². The van der Waals surface area contributed by atoms with Crippen LogP contribution in [-0.4, -0.2) is 30.5 Å². The van der Waals surface area contributed by atoms with Crippen molar-refractivity contribution in [3.63, 3.8) is 0 Å². The predicted molar refractivity (Wildman–Crippen MR) is 77.2 cm³/mol. The molecule has 0 spiro atoms. The minimum Gasteiger partial charge on any atom is -0.351 e. The van der Waals surface area contributed by atoms with Gasteiger partial charge in [0.2, 0.25) is 0 Å². The summed E-state index contributed by atoms with van der Waals surface area (Å²) in [4.78, 5) is 16.4. The van der Waals surface area contributed by atoms with Crippen LogP contribution in [0.5, 0.6) is 0 Å². The average Bonchev–Trinajstić information content (AvgIpc) is 2.46.